The van der Waals surface area contributed by atoms with Crippen molar-refractivity contribution in [2.45, 2.75) is 6.92 Å². The fraction of sp³-hybridized carbons (Fsp3) is 0.200. The highest BCUT2D eigenvalue weighted by Crippen LogP contribution is 2.19. The first kappa shape index (κ1) is 8.74. The number of anilines is 2. The highest BCUT2D eigenvalue weighted by molar-refractivity contribution is 6.42. The molecule has 0 atom stereocenters. The van der Waals surface area contributed by atoms with Crippen molar-refractivity contribution in [1.82, 2.24) is 0 Å². The molecule has 0 aromatic heterocycles. The average molecular weight is 189 g/mol. The molecule has 2 N–H and O–H groups in total. The van der Waals surface area contributed by atoms with Gasteiger partial charge in [0.05, 0.1) is 5.69 Å². The Balaban J connectivity index is 2.26. The zero-order valence-corrected chi connectivity index (χ0v) is 7.90. The maximum atomic E-state index is 11.2. The van der Waals surface area contributed by atoms with Crippen LogP contribution in [0.15, 0.2) is 29.4 Å². The molecule has 0 bridgehead atoms. The number of nitrogens with two attached hydrogens (primary N) is 1. The Bertz CT molecular complexity index is 394. The third kappa shape index (κ3) is 1.46. The number of hydrogen-bond donors (Lipinski definition) is 1. The summed E-state index contributed by atoms with van der Waals surface area (Å²) in [6, 6.07) is 7.29. The first-order valence-corrected chi connectivity index (χ1v) is 4.38. The van der Waals surface area contributed by atoms with Crippen molar-refractivity contribution in [3.63, 3.8) is 0 Å². The van der Waals surface area contributed by atoms with Gasteiger partial charge < -0.3 is 5.73 Å². The molecular formula is C10H11N3O. The quantitative estimate of drug-likeness (QED) is 0.671. The number of hydrazone groups is 1. The third-order valence-corrected chi connectivity index (χ3v) is 2.16. The monoisotopic (exact) mass is 189 g/mol. The molecule has 0 aliphatic carbocycles. The van der Waals surface area contributed by atoms with E-state index in [1.54, 1.807) is 24.1 Å². The smallest absolute Gasteiger partial charge is 0.199 e. The molecule has 0 saturated heterocycles. The number of Topliss-reactive ketones (excluding diaryl/α,β-unsaturated/α-hetero) is 1. The summed E-state index contributed by atoms with van der Waals surface area (Å²) in [7, 11) is 0. The first-order valence-electron chi connectivity index (χ1n) is 4.38. The summed E-state index contributed by atoms with van der Waals surface area (Å²) in [6.45, 7) is 2.05. The van der Waals surface area contributed by atoms with E-state index >= 15 is 0 Å². The van der Waals surface area contributed by atoms with Gasteiger partial charge >= 0.3 is 0 Å². The van der Waals surface area contributed by atoms with Crippen molar-refractivity contribution in [3.05, 3.63) is 24.3 Å². The first-order chi connectivity index (χ1) is 6.66. The molecule has 1 aromatic rings. The SMILES string of the molecule is CC1=NN(c2ccc(N)cc2)CC1=O. The maximum Gasteiger partial charge on any atom is 0.199 e. The number of hydrogen-bond acceptors (Lipinski definition) is 4. The highest BCUT2D eigenvalue weighted by Gasteiger charge is 2.20. The Morgan fingerprint density at radius 2 is 2.00 bits per heavy atom. The van der Waals surface area contributed by atoms with E-state index in [1.165, 1.54) is 0 Å². The van der Waals surface area contributed by atoms with Crippen LogP contribution in [0.5, 0.6) is 0 Å². The summed E-state index contributed by atoms with van der Waals surface area (Å²) in [5, 5.41) is 5.81. The van der Waals surface area contributed by atoms with Crippen molar-refractivity contribution in [3.8, 4) is 0 Å². The van der Waals surface area contributed by atoms with Crippen molar-refractivity contribution in [2.75, 3.05) is 17.3 Å². The van der Waals surface area contributed by atoms with Crippen LogP contribution < -0.4 is 10.7 Å². The highest BCUT2D eigenvalue weighted by atomic mass is 16.1. The lowest BCUT2D eigenvalue weighted by atomic mass is 10.2. The predicted octanol–water partition coefficient (Wildman–Crippen LogP) is 1.03. The number of carbonyl (C=O) groups is 1. The fourth-order valence-electron chi connectivity index (χ4n) is 1.32. The molecule has 0 amide bonds. The molecule has 4 heteroatoms. The standard InChI is InChI=1S/C10H11N3O/c1-7-10(14)6-13(12-7)9-4-2-8(11)3-5-9/h2-5H,6,11H2,1H3. The summed E-state index contributed by atoms with van der Waals surface area (Å²) in [5.41, 5.74) is 7.72. The number of ketones is 1. The number of nitrogens with zero attached hydrogens (tertiary/aromatic N) is 2. The molecule has 4 nitrogen and oxygen atoms in total. The van der Waals surface area contributed by atoms with Gasteiger partial charge in [-0.3, -0.25) is 9.80 Å². The van der Waals surface area contributed by atoms with Crippen LogP contribution in [0.4, 0.5) is 11.4 Å². The molecule has 1 aliphatic heterocycles. The van der Waals surface area contributed by atoms with Gasteiger partial charge in [-0.15, -0.1) is 0 Å². The Morgan fingerprint density at radius 3 is 2.50 bits per heavy atom. The normalized spacial score (nSPS) is 15.9. The minimum Gasteiger partial charge on any atom is -0.399 e. The summed E-state index contributed by atoms with van der Waals surface area (Å²) in [6.07, 6.45) is 0. The molecule has 14 heavy (non-hydrogen) atoms. The Labute approximate surface area is 82.0 Å². The largest absolute Gasteiger partial charge is 0.399 e. The second kappa shape index (κ2) is 3.14. The second-order valence-electron chi connectivity index (χ2n) is 3.26. The molecule has 1 aliphatic rings. The van der Waals surface area contributed by atoms with Crippen LogP contribution in [0.2, 0.25) is 0 Å². The number of rotatable bonds is 1. The van der Waals surface area contributed by atoms with Gasteiger partial charge in [0.25, 0.3) is 0 Å². The second-order valence-corrected chi connectivity index (χ2v) is 3.26. The minimum absolute atomic E-state index is 0.0711. The van der Waals surface area contributed by atoms with E-state index in [9.17, 15) is 4.79 Å². The molecule has 0 spiro atoms. The topological polar surface area (TPSA) is 58.7 Å². The van der Waals surface area contributed by atoms with Gasteiger partial charge in [-0.2, -0.15) is 5.10 Å². The number of carbonyl (C=O) groups excluding carboxylic acids is 1. The van der Waals surface area contributed by atoms with Crippen LogP contribution >= 0.6 is 0 Å². The molecule has 0 fully saturated rings. The van der Waals surface area contributed by atoms with Crippen molar-refractivity contribution >= 4 is 22.9 Å². The van der Waals surface area contributed by atoms with E-state index < -0.39 is 0 Å². The van der Waals surface area contributed by atoms with Crippen LogP contribution in [0.1, 0.15) is 6.92 Å². The molecular weight excluding hydrogens is 178 g/mol. The molecule has 72 valence electrons. The lowest BCUT2D eigenvalue weighted by Crippen LogP contribution is -2.17. The summed E-state index contributed by atoms with van der Waals surface area (Å²) < 4.78 is 0. The lowest BCUT2D eigenvalue weighted by molar-refractivity contribution is -0.111. The fourth-order valence-corrected chi connectivity index (χ4v) is 1.32. The summed E-state index contributed by atoms with van der Waals surface area (Å²) >= 11 is 0. The predicted molar refractivity (Wildman–Crippen MR) is 56.3 cm³/mol. The van der Waals surface area contributed by atoms with E-state index in [-0.39, 0.29) is 5.78 Å². The van der Waals surface area contributed by atoms with Crippen LogP contribution in [-0.2, 0) is 4.79 Å². The number of benzene rings is 1. The van der Waals surface area contributed by atoms with E-state index in [2.05, 4.69) is 5.10 Å². The Kier molecular flexibility index (Phi) is 1.96. The summed E-state index contributed by atoms with van der Waals surface area (Å²) in [5.74, 6) is 0.0711. The molecule has 0 saturated carbocycles. The number of nitrogen functional groups attached to an aromatic ring is 1. The van der Waals surface area contributed by atoms with Crippen LogP contribution in [-0.4, -0.2) is 18.0 Å². The lowest BCUT2D eigenvalue weighted by Gasteiger charge is -2.12. The van der Waals surface area contributed by atoms with Crippen LogP contribution in [0.3, 0.4) is 0 Å². The molecule has 1 heterocycles. The van der Waals surface area contributed by atoms with Crippen LogP contribution in [0, 0.1) is 0 Å². The van der Waals surface area contributed by atoms with Crippen molar-refractivity contribution in [1.29, 1.82) is 0 Å². The van der Waals surface area contributed by atoms with E-state index in [0.29, 0.717) is 17.9 Å². The van der Waals surface area contributed by atoms with Crippen molar-refractivity contribution in [2.24, 2.45) is 5.10 Å². The van der Waals surface area contributed by atoms with Crippen molar-refractivity contribution < 1.29 is 4.79 Å². The van der Waals surface area contributed by atoms with E-state index in [1.807, 2.05) is 12.1 Å². The maximum absolute atomic E-state index is 11.2. The molecule has 2 rings (SSSR count). The molecule has 0 radical (unpaired) electrons. The third-order valence-electron chi connectivity index (χ3n) is 2.16. The summed E-state index contributed by atoms with van der Waals surface area (Å²) in [4.78, 5) is 11.2. The van der Waals surface area contributed by atoms with Crippen LogP contribution in [0.25, 0.3) is 0 Å². The molecule has 1 aromatic carbocycles. The van der Waals surface area contributed by atoms with Gasteiger partial charge in [0.15, 0.2) is 5.78 Å². The van der Waals surface area contributed by atoms with Gasteiger partial charge in [-0.05, 0) is 31.2 Å². The van der Waals surface area contributed by atoms with Gasteiger partial charge in [0, 0.05) is 5.69 Å². The van der Waals surface area contributed by atoms with E-state index in [0.717, 1.165) is 5.69 Å². The zero-order valence-electron chi connectivity index (χ0n) is 7.90. The van der Waals surface area contributed by atoms with Gasteiger partial charge in [0.1, 0.15) is 12.3 Å². The van der Waals surface area contributed by atoms with Gasteiger partial charge in [0.2, 0.25) is 0 Å². The average Bonchev–Trinajstić information content (AvgIpc) is 2.48. The Hall–Kier alpha value is -1.84. The van der Waals surface area contributed by atoms with E-state index in [4.69, 9.17) is 5.73 Å². The van der Waals surface area contributed by atoms with Gasteiger partial charge in [-0.1, -0.05) is 0 Å². The van der Waals surface area contributed by atoms with Gasteiger partial charge in [-0.25, -0.2) is 0 Å². The molecule has 0 unspecified atom stereocenters. The zero-order chi connectivity index (χ0) is 10.1. The Morgan fingerprint density at radius 1 is 1.36 bits per heavy atom. The minimum atomic E-state index is 0.0711.